The Kier molecular flexibility index (Phi) is 5.53. The molecule has 156 valence electrons. The van der Waals surface area contributed by atoms with Crippen LogP contribution in [0, 0.1) is 0 Å². The first-order chi connectivity index (χ1) is 15.0. The number of nitrogens with one attached hydrogen (secondary N) is 3. The van der Waals surface area contributed by atoms with Gasteiger partial charge in [0.1, 0.15) is 6.54 Å². The molecule has 1 aromatic heterocycles. The van der Waals surface area contributed by atoms with Crippen LogP contribution in [-0.2, 0) is 18.4 Å². The fourth-order valence-corrected chi connectivity index (χ4v) is 3.31. The molecular weight excluding hydrogens is 394 g/mol. The third-order valence-electron chi connectivity index (χ3n) is 4.81. The maximum Gasteiger partial charge on any atom is 0.329 e. The summed E-state index contributed by atoms with van der Waals surface area (Å²) in [6.07, 6.45) is 0. The summed E-state index contributed by atoms with van der Waals surface area (Å²) in [5.41, 5.74) is 3.05. The summed E-state index contributed by atoms with van der Waals surface area (Å²) in [4.78, 5) is 37.0. The molecule has 0 saturated carbocycles. The highest BCUT2D eigenvalue weighted by molar-refractivity contribution is 6.00. The molecule has 1 heterocycles. The number of carbonyl (C=O) groups excluding carboxylic acids is 2. The lowest BCUT2D eigenvalue weighted by molar-refractivity contribution is -0.116. The number of amides is 3. The van der Waals surface area contributed by atoms with Crippen molar-refractivity contribution >= 4 is 40.0 Å². The number of hydrogen-bond donors (Lipinski definition) is 3. The molecule has 0 bridgehead atoms. The minimum Gasteiger partial charge on any atom is -0.325 e. The van der Waals surface area contributed by atoms with Gasteiger partial charge in [-0.2, -0.15) is 0 Å². The third kappa shape index (κ3) is 4.48. The van der Waals surface area contributed by atoms with E-state index in [4.69, 9.17) is 0 Å². The molecule has 8 heteroatoms. The zero-order chi connectivity index (χ0) is 21.8. The minimum atomic E-state index is -0.363. The van der Waals surface area contributed by atoms with Gasteiger partial charge in [-0.25, -0.2) is 9.59 Å². The molecule has 0 radical (unpaired) electrons. The quantitative estimate of drug-likeness (QED) is 0.464. The molecule has 0 aliphatic heterocycles. The van der Waals surface area contributed by atoms with E-state index >= 15 is 0 Å². The maximum absolute atomic E-state index is 12.5. The Morgan fingerprint density at radius 3 is 1.87 bits per heavy atom. The normalized spacial score (nSPS) is 10.6. The van der Waals surface area contributed by atoms with Gasteiger partial charge in [-0.1, -0.05) is 30.3 Å². The average Bonchev–Trinajstić information content (AvgIpc) is 3.01. The summed E-state index contributed by atoms with van der Waals surface area (Å²) in [6.45, 7) is -0.0975. The summed E-state index contributed by atoms with van der Waals surface area (Å²) in [7, 11) is 1.68. The van der Waals surface area contributed by atoms with E-state index in [0.29, 0.717) is 22.6 Å². The van der Waals surface area contributed by atoms with E-state index in [1.165, 1.54) is 9.13 Å². The molecule has 3 amide bonds. The van der Waals surface area contributed by atoms with Crippen molar-refractivity contribution in [1.29, 1.82) is 0 Å². The molecule has 0 fully saturated rings. The van der Waals surface area contributed by atoms with Crippen LogP contribution in [0.5, 0.6) is 0 Å². The molecule has 3 N–H and O–H groups in total. The first-order valence-corrected chi connectivity index (χ1v) is 9.68. The van der Waals surface area contributed by atoms with E-state index in [2.05, 4.69) is 16.0 Å². The Labute approximate surface area is 178 Å². The number of carbonyl (C=O) groups is 2. The minimum absolute atomic E-state index is 0.0975. The van der Waals surface area contributed by atoms with Crippen LogP contribution in [0.2, 0.25) is 0 Å². The molecular formula is C23H21N5O3. The number of para-hydroxylation sites is 3. The van der Waals surface area contributed by atoms with Crippen LogP contribution in [0.25, 0.3) is 11.0 Å². The summed E-state index contributed by atoms with van der Waals surface area (Å²) >= 11 is 0. The maximum atomic E-state index is 12.5. The van der Waals surface area contributed by atoms with Crippen molar-refractivity contribution in [3.63, 3.8) is 0 Å². The fourth-order valence-electron chi connectivity index (χ4n) is 3.31. The van der Waals surface area contributed by atoms with E-state index in [1.54, 1.807) is 43.4 Å². The van der Waals surface area contributed by atoms with Gasteiger partial charge < -0.3 is 16.0 Å². The van der Waals surface area contributed by atoms with Crippen molar-refractivity contribution in [2.45, 2.75) is 6.54 Å². The van der Waals surface area contributed by atoms with E-state index in [0.717, 1.165) is 5.52 Å². The Morgan fingerprint density at radius 2 is 1.23 bits per heavy atom. The number of hydrogen-bond acceptors (Lipinski definition) is 3. The second-order valence-electron chi connectivity index (χ2n) is 6.99. The Balaban J connectivity index is 1.38. The van der Waals surface area contributed by atoms with Gasteiger partial charge in [0.25, 0.3) is 0 Å². The molecule has 3 aromatic carbocycles. The first kappa shape index (κ1) is 20.0. The van der Waals surface area contributed by atoms with Crippen LogP contribution < -0.4 is 21.6 Å². The summed E-state index contributed by atoms with van der Waals surface area (Å²) in [5, 5.41) is 8.24. The van der Waals surface area contributed by atoms with Gasteiger partial charge >= 0.3 is 11.7 Å². The Bertz CT molecular complexity index is 1290. The number of anilines is 3. The van der Waals surface area contributed by atoms with Crippen molar-refractivity contribution in [1.82, 2.24) is 9.13 Å². The van der Waals surface area contributed by atoms with Gasteiger partial charge in [-0.05, 0) is 48.5 Å². The zero-order valence-electron chi connectivity index (χ0n) is 16.8. The predicted octanol–water partition coefficient (Wildman–Crippen LogP) is 3.62. The van der Waals surface area contributed by atoms with Crippen molar-refractivity contribution in [2.24, 2.45) is 7.05 Å². The molecule has 8 nitrogen and oxygen atoms in total. The Hall–Kier alpha value is -4.33. The highest BCUT2D eigenvalue weighted by Crippen LogP contribution is 2.15. The summed E-state index contributed by atoms with van der Waals surface area (Å²) in [6, 6.07) is 22.8. The highest BCUT2D eigenvalue weighted by Gasteiger charge is 2.13. The molecule has 0 saturated heterocycles. The van der Waals surface area contributed by atoms with Crippen LogP contribution in [0.1, 0.15) is 0 Å². The van der Waals surface area contributed by atoms with Crippen LogP contribution in [0.3, 0.4) is 0 Å². The number of aryl methyl sites for hydroxylation is 1. The summed E-state index contributed by atoms with van der Waals surface area (Å²) in [5.74, 6) is -0.319. The lowest BCUT2D eigenvalue weighted by Crippen LogP contribution is -2.28. The second kappa shape index (κ2) is 8.58. The lowest BCUT2D eigenvalue weighted by Gasteiger charge is -2.09. The standard InChI is InChI=1S/C23H21N5O3/c1-27-19-9-5-6-10-20(19)28(23(27)31)15-21(29)24-17-11-13-18(14-12-17)26-22(30)25-16-7-3-2-4-8-16/h2-14H,15H2,1H3,(H,24,29)(H2,25,26,30). The van der Waals surface area contributed by atoms with Gasteiger partial charge in [0.15, 0.2) is 0 Å². The van der Waals surface area contributed by atoms with E-state index < -0.39 is 0 Å². The van der Waals surface area contributed by atoms with Crippen molar-refractivity contribution < 1.29 is 9.59 Å². The summed E-state index contributed by atoms with van der Waals surface area (Å²) < 4.78 is 2.96. The second-order valence-corrected chi connectivity index (χ2v) is 6.99. The fraction of sp³-hybridized carbons (Fsp3) is 0.0870. The van der Waals surface area contributed by atoms with Gasteiger partial charge in [0, 0.05) is 24.1 Å². The van der Waals surface area contributed by atoms with Gasteiger partial charge in [0.05, 0.1) is 11.0 Å². The Morgan fingerprint density at radius 1 is 0.710 bits per heavy atom. The van der Waals surface area contributed by atoms with Crippen LogP contribution in [0.15, 0.2) is 83.7 Å². The molecule has 0 aliphatic rings. The number of benzene rings is 3. The third-order valence-corrected chi connectivity index (χ3v) is 4.81. The number of imidazole rings is 1. The van der Waals surface area contributed by atoms with Gasteiger partial charge in [0.2, 0.25) is 5.91 Å². The highest BCUT2D eigenvalue weighted by atomic mass is 16.2. The molecule has 31 heavy (non-hydrogen) atoms. The predicted molar refractivity (Wildman–Crippen MR) is 121 cm³/mol. The van der Waals surface area contributed by atoms with Crippen LogP contribution >= 0.6 is 0 Å². The number of fused-ring (bicyclic) bond motifs is 1. The van der Waals surface area contributed by atoms with Crippen molar-refractivity contribution in [3.8, 4) is 0 Å². The van der Waals surface area contributed by atoms with Crippen LogP contribution in [-0.4, -0.2) is 21.1 Å². The topological polar surface area (TPSA) is 97.2 Å². The number of rotatable bonds is 5. The van der Waals surface area contributed by atoms with E-state index in [9.17, 15) is 14.4 Å². The number of aromatic nitrogens is 2. The van der Waals surface area contributed by atoms with Gasteiger partial charge in [-0.15, -0.1) is 0 Å². The lowest BCUT2D eigenvalue weighted by atomic mass is 10.2. The number of nitrogens with zero attached hydrogens (tertiary/aromatic N) is 2. The van der Waals surface area contributed by atoms with E-state index in [1.807, 2.05) is 42.5 Å². The number of urea groups is 1. The molecule has 0 unspecified atom stereocenters. The molecule has 4 aromatic rings. The molecule has 0 spiro atoms. The van der Waals surface area contributed by atoms with E-state index in [-0.39, 0.29) is 24.2 Å². The first-order valence-electron chi connectivity index (χ1n) is 9.68. The van der Waals surface area contributed by atoms with Crippen molar-refractivity contribution in [3.05, 3.63) is 89.3 Å². The van der Waals surface area contributed by atoms with Gasteiger partial charge in [-0.3, -0.25) is 13.9 Å². The molecule has 4 rings (SSSR count). The SMILES string of the molecule is Cn1c(=O)n(CC(=O)Nc2ccc(NC(=O)Nc3ccccc3)cc2)c2ccccc21. The molecule has 0 aliphatic carbocycles. The zero-order valence-corrected chi connectivity index (χ0v) is 16.8. The largest absolute Gasteiger partial charge is 0.329 e. The molecule has 0 atom stereocenters. The van der Waals surface area contributed by atoms with Crippen molar-refractivity contribution in [2.75, 3.05) is 16.0 Å². The monoisotopic (exact) mass is 415 g/mol. The average molecular weight is 415 g/mol. The van der Waals surface area contributed by atoms with Crippen LogP contribution in [0.4, 0.5) is 21.9 Å². The smallest absolute Gasteiger partial charge is 0.325 e.